The molecule has 0 saturated carbocycles. The first kappa shape index (κ1) is 9.80. The number of nitrogens with one attached hydrogen (secondary N) is 1. The third kappa shape index (κ3) is 2.39. The van der Waals surface area contributed by atoms with E-state index in [0.29, 0.717) is 5.25 Å². The molecule has 0 radical (unpaired) electrons. The number of pyridine rings is 1. The van der Waals surface area contributed by atoms with Gasteiger partial charge in [-0.3, -0.25) is 4.98 Å². The summed E-state index contributed by atoms with van der Waals surface area (Å²) in [6.45, 7) is 1.80. The Kier molecular flexibility index (Phi) is 3.26. The van der Waals surface area contributed by atoms with Crippen LogP contribution in [0.25, 0.3) is 0 Å². The van der Waals surface area contributed by atoms with E-state index in [1.165, 1.54) is 0 Å². The van der Waals surface area contributed by atoms with Gasteiger partial charge >= 0.3 is 0 Å². The Balaban J connectivity index is 1.87. The molecule has 1 aliphatic heterocycles. The average Bonchev–Trinajstić information content (AvgIpc) is 2.16. The van der Waals surface area contributed by atoms with Crippen molar-refractivity contribution in [3.8, 4) is 0 Å². The second-order valence-electron chi connectivity index (χ2n) is 3.26. The van der Waals surface area contributed by atoms with Crippen LogP contribution in [0.4, 0.5) is 5.69 Å². The first-order valence-corrected chi connectivity index (χ1v) is 5.75. The number of aromatic nitrogens is 1. The van der Waals surface area contributed by atoms with Crippen LogP contribution in [-0.4, -0.2) is 30.5 Å². The van der Waals surface area contributed by atoms with E-state index in [1.54, 1.807) is 0 Å². The van der Waals surface area contributed by atoms with Crippen LogP contribution in [0.2, 0.25) is 0 Å². The molecule has 14 heavy (non-hydrogen) atoms. The summed E-state index contributed by atoms with van der Waals surface area (Å²) in [7, 11) is 1.92. The lowest BCUT2D eigenvalue weighted by molar-refractivity contribution is 0.0455. The molecule has 1 aliphatic rings. The lowest BCUT2D eigenvalue weighted by atomic mass is 10.3. The molecule has 0 unspecified atom stereocenters. The van der Waals surface area contributed by atoms with Gasteiger partial charge in [-0.05, 0) is 12.1 Å². The Morgan fingerprint density at radius 1 is 1.64 bits per heavy atom. The molecule has 2 heterocycles. The van der Waals surface area contributed by atoms with Crippen molar-refractivity contribution in [3.05, 3.63) is 24.0 Å². The van der Waals surface area contributed by atoms with Gasteiger partial charge in [-0.15, -0.1) is 11.8 Å². The Morgan fingerprint density at radius 3 is 3.14 bits per heavy atom. The van der Waals surface area contributed by atoms with Gasteiger partial charge in [0.25, 0.3) is 0 Å². The highest BCUT2D eigenvalue weighted by Gasteiger charge is 2.18. The summed E-state index contributed by atoms with van der Waals surface area (Å²) in [5, 5.41) is 3.78. The molecule has 0 atom stereocenters. The van der Waals surface area contributed by atoms with E-state index in [9.17, 15) is 0 Å². The van der Waals surface area contributed by atoms with Gasteiger partial charge in [-0.2, -0.15) is 0 Å². The standard InChI is InChI=1S/C10H14N2OS/c1-11-8-2-3-12-9(4-8)7-14-10-5-13-6-10/h2-4,10H,5-7H2,1H3,(H,11,12). The van der Waals surface area contributed by atoms with Crippen LogP contribution in [0.15, 0.2) is 18.3 Å². The maximum Gasteiger partial charge on any atom is 0.0608 e. The normalized spacial score (nSPS) is 16.4. The lowest BCUT2D eigenvalue weighted by Crippen LogP contribution is -2.30. The fraction of sp³-hybridized carbons (Fsp3) is 0.500. The maximum absolute atomic E-state index is 5.11. The van der Waals surface area contributed by atoms with E-state index in [0.717, 1.165) is 30.3 Å². The number of anilines is 1. The smallest absolute Gasteiger partial charge is 0.0608 e. The third-order valence-corrected chi connectivity index (χ3v) is 3.39. The quantitative estimate of drug-likeness (QED) is 0.821. The predicted molar refractivity (Wildman–Crippen MR) is 59.7 cm³/mol. The van der Waals surface area contributed by atoms with E-state index in [4.69, 9.17) is 4.74 Å². The van der Waals surface area contributed by atoms with Crippen LogP contribution in [0.3, 0.4) is 0 Å². The zero-order chi connectivity index (χ0) is 9.80. The molecule has 1 aromatic rings. The Labute approximate surface area is 88.3 Å². The van der Waals surface area contributed by atoms with Gasteiger partial charge in [0, 0.05) is 24.7 Å². The molecule has 1 aromatic heterocycles. The highest BCUT2D eigenvalue weighted by Crippen LogP contribution is 2.23. The number of ether oxygens (including phenoxy) is 1. The Hall–Kier alpha value is -0.740. The maximum atomic E-state index is 5.11. The van der Waals surface area contributed by atoms with E-state index in [1.807, 2.05) is 31.1 Å². The topological polar surface area (TPSA) is 34.2 Å². The second-order valence-corrected chi connectivity index (χ2v) is 4.54. The van der Waals surface area contributed by atoms with E-state index in [-0.39, 0.29) is 0 Å². The van der Waals surface area contributed by atoms with Gasteiger partial charge < -0.3 is 10.1 Å². The number of hydrogen-bond acceptors (Lipinski definition) is 4. The fourth-order valence-corrected chi connectivity index (χ4v) is 2.18. The monoisotopic (exact) mass is 210 g/mol. The molecule has 0 spiro atoms. The largest absolute Gasteiger partial charge is 0.388 e. The Bertz CT molecular complexity index is 302. The van der Waals surface area contributed by atoms with Crippen LogP contribution in [0.1, 0.15) is 5.69 Å². The van der Waals surface area contributed by atoms with Crippen LogP contribution in [-0.2, 0) is 10.5 Å². The van der Waals surface area contributed by atoms with Gasteiger partial charge in [0.2, 0.25) is 0 Å². The summed E-state index contributed by atoms with van der Waals surface area (Å²) in [6, 6.07) is 4.06. The summed E-state index contributed by atoms with van der Waals surface area (Å²) < 4.78 is 5.11. The third-order valence-electron chi connectivity index (χ3n) is 2.18. The van der Waals surface area contributed by atoms with Crippen molar-refractivity contribution in [3.63, 3.8) is 0 Å². The molecule has 0 bridgehead atoms. The van der Waals surface area contributed by atoms with Crippen LogP contribution >= 0.6 is 11.8 Å². The number of hydrogen-bond donors (Lipinski definition) is 1. The second kappa shape index (κ2) is 4.66. The minimum Gasteiger partial charge on any atom is -0.388 e. The average molecular weight is 210 g/mol. The molecular weight excluding hydrogens is 196 g/mol. The lowest BCUT2D eigenvalue weighted by Gasteiger charge is -2.24. The molecule has 0 aliphatic carbocycles. The van der Waals surface area contributed by atoms with Crippen LogP contribution < -0.4 is 5.32 Å². The van der Waals surface area contributed by atoms with Crippen molar-refractivity contribution in [1.82, 2.24) is 4.98 Å². The molecule has 76 valence electrons. The highest BCUT2D eigenvalue weighted by atomic mass is 32.2. The minimum absolute atomic E-state index is 0.676. The molecule has 1 N–H and O–H groups in total. The fourth-order valence-electron chi connectivity index (χ4n) is 1.23. The van der Waals surface area contributed by atoms with Crippen molar-refractivity contribution in [1.29, 1.82) is 0 Å². The molecule has 3 nitrogen and oxygen atoms in total. The summed E-state index contributed by atoms with van der Waals surface area (Å²) in [5.41, 5.74) is 2.26. The predicted octanol–water partition coefficient (Wildman–Crippen LogP) is 1.76. The van der Waals surface area contributed by atoms with E-state index < -0.39 is 0 Å². The summed E-state index contributed by atoms with van der Waals surface area (Å²) >= 11 is 1.92. The van der Waals surface area contributed by atoms with E-state index in [2.05, 4.69) is 16.4 Å². The van der Waals surface area contributed by atoms with Crippen LogP contribution in [0.5, 0.6) is 0 Å². The van der Waals surface area contributed by atoms with Gasteiger partial charge in [0.05, 0.1) is 24.2 Å². The van der Waals surface area contributed by atoms with Crippen LogP contribution in [0, 0.1) is 0 Å². The number of nitrogens with zero attached hydrogens (tertiary/aromatic N) is 1. The molecule has 2 rings (SSSR count). The number of thioether (sulfide) groups is 1. The molecule has 0 amide bonds. The molecule has 4 heteroatoms. The van der Waals surface area contributed by atoms with Crippen molar-refractivity contribution in [2.75, 3.05) is 25.6 Å². The summed E-state index contributed by atoms with van der Waals surface area (Å²) in [6.07, 6.45) is 1.85. The van der Waals surface area contributed by atoms with Crippen molar-refractivity contribution in [2.45, 2.75) is 11.0 Å². The molecular formula is C10H14N2OS. The van der Waals surface area contributed by atoms with Gasteiger partial charge in [0.1, 0.15) is 0 Å². The first-order valence-electron chi connectivity index (χ1n) is 4.70. The zero-order valence-corrected chi connectivity index (χ0v) is 9.01. The molecule has 1 fully saturated rings. The summed E-state index contributed by atoms with van der Waals surface area (Å²) in [5.74, 6) is 0.976. The Morgan fingerprint density at radius 2 is 2.50 bits per heavy atom. The minimum atomic E-state index is 0.676. The van der Waals surface area contributed by atoms with Gasteiger partial charge in [0.15, 0.2) is 0 Å². The summed E-state index contributed by atoms with van der Waals surface area (Å²) in [4.78, 5) is 4.32. The van der Waals surface area contributed by atoms with E-state index >= 15 is 0 Å². The van der Waals surface area contributed by atoms with Gasteiger partial charge in [-0.25, -0.2) is 0 Å². The van der Waals surface area contributed by atoms with Gasteiger partial charge in [-0.1, -0.05) is 0 Å². The molecule has 1 saturated heterocycles. The highest BCUT2D eigenvalue weighted by molar-refractivity contribution is 7.99. The van der Waals surface area contributed by atoms with Crippen molar-refractivity contribution >= 4 is 17.4 Å². The first-order chi connectivity index (χ1) is 6.88. The van der Waals surface area contributed by atoms with Crippen molar-refractivity contribution < 1.29 is 4.74 Å². The number of rotatable bonds is 4. The van der Waals surface area contributed by atoms with Crippen molar-refractivity contribution in [2.24, 2.45) is 0 Å². The molecule has 0 aromatic carbocycles. The SMILES string of the molecule is CNc1ccnc(CSC2COC2)c1. The zero-order valence-electron chi connectivity index (χ0n) is 8.19.